The topological polar surface area (TPSA) is 59.6 Å². The smallest absolute Gasteiger partial charge is 0.264 e. The number of ether oxygens (including phenoxy) is 2. The Balaban J connectivity index is 1.56. The van der Waals surface area contributed by atoms with Crippen molar-refractivity contribution in [2.75, 3.05) is 19.0 Å². The van der Waals surface area contributed by atoms with Crippen molar-refractivity contribution in [2.45, 2.75) is 0 Å². The van der Waals surface area contributed by atoms with Gasteiger partial charge in [-0.15, -0.1) is 0 Å². The maximum atomic E-state index is 12.1. The van der Waals surface area contributed by atoms with E-state index in [1.165, 1.54) is 0 Å². The third-order valence-corrected chi connectivity index (χ3v) is 5.36. The summed E-state index contributed by atoms with van der Waals surface area (Å²) in [6, 6.07) is 16.9. The van der Waals surface area contributed by atoms with Gasteiger partial charge in [0.05, 0.1) is 11.6 Å². The summed E-state index contributed by atoms with van der Waals surface area (Å²) < 4.78 is 12.5. The SMILES string of the molecule is COc1ccc(NC(=S)NC(=O)COc2ccc3cc(Br)ccc3c2Br)cc1. The fourth-order valence-corrected chi connectivity index (χ4v) is 3.72. The summed E-state index contributed by atoms with van der Waals surface area (Å²) in [7, 11) is 1.60. The molecule has 0 saturated heterocycles. The van der Waals surface area contributed by atoms with Crippen LogP contribution in [0.4, 0.5) is 5.69 Å². The molecule has 0 heterocycles. The number of hydrogen-bond acceptors (Lipinski definition) is 4. The average molecular weight is 524 g/mol. The molecule has 0 aliphatic heterocycles. The van der Waals surface area contributed by atoms with Gasteiger partial charge in [0.1, 0.15) is 11.5 Å². The fraction of sp³-hybridized carbons (Fsp3) is 0.100. The lowest BCUT2D eigenvalue weighted by molar-refractivity contribution is -0.121. The highest BCUT2D eigenvalue weighted by Crippen LogP contribution is 2.34. The van der Waals surface area contributed by atoms with Gasteiger partial charge in [0, 0.05) is 10.2 Å². The molecule has 3 aromatic rings. The first-order chi connectivity index (χ1) is 13.5. The zero-order chi connectivity index (χ0) is 20.1. The van der Waals surface area contributed by atoms with Gasteiger partial charge in [0.15, 0.2) is 11.7 Å². The van der Waals surface area contributed by atoms with Crippen LogP contribution >= 0.6 is 44.1 Å². The first-order valence-corrected chi connectivity index (χ1v) is 10.2. The fourth-order valence-electron chi connectivity index (χ4n) is 2.50. The molecule has 5 nitrogen and oxygen atoms in total. The summed E-state index contributed by atoms with van der Waals surface area (Å²) in [5.41, 5.74) is 0.746. The van der Waals surface area contributed by atoms with Gasteiger partial charge in [0.25, 0.3) is 5.91 Å². The summed E-state index contributed by atoms with van der Waals surface area (Å²) in [6.07, 6.45) is 0. The predicted molar refractivity (Wildman–Crippen MR) is 122 cm³/mol. The number of carbonyl (C=O) groups excluding carboxylic acids is 1. The van der Waals surface area contributed by atoms with Crippen molar-refractivity contribution in [3.05, 3.63) is 63.5 Å². The minimum atomic E-state index is -0.353. The van der Waals surface area contributed by atoms with Crippen LogP contribution in [0, 0.1) is 0 Å². The van der Waals surface area contributed by atoms with E-state index in [1.807, 2.05) is 30.3 Å². The standard InChI is InChI=1S/C20H16Br2N2O3S/c1-26-15-6-4-14(5-7-15)23-20(28)24-18(25)11-27-17-9-2-12-10-13(21)3-8-16(12)19(17)22/h2-10H,11H2,1H3,(H2,23,24,25,28). The molecule has 0 unspecified atom stereocenters. The third kappa shape index (κ3) is 5.21. The molecule has 144 valence electrons. The second-order valence-electron chi connectivity index (χ2n) is 5.76. The van der Waals surface area contributed by atoms with E-state index < -0.39 is 0 Å². The van der Waals surface area contributed by atoms with E-state index in [2.05, 4.69) is 42.5 Å². The van der Waals surface area contributed by atoms with Gasteiger partial charge in [-0.2, -0.15) is 0 Å². The Morgan fingerprint density at radius 1 is 1.07 bits per heavy atom. The molecule has 2 N–H and O–H groups in total. The zero-order valence-electron chi connectivity index (χ0n) is 14.8. The molecule has 0 fully saturated rings. The minimum Gasteiger partial charge on any atom is -0.497 e. The molecule has 0 saturated carbocycles. The Labute approximate surface area is 184 Å². The quantitative estimate of drug-likeness (QED) is 0.446. The van der Waals surface area contributed by atoms with E-state index in [0.29, 0.717) is 5.75 Å². The zero-order valence-corrected chi connectivity index (χ0v) is 18.8. The molecule has 3 rings (SSSR count). The van der Waals surface area contributed by atoms with Gasteiger partial charge in [-0.1, -0.05) is 28.1 Å². The number of amides is 1. The number of hydrogen-bond donors (Lipinski definition) is 2. The van der Waals surface area contributed by atoms with Crippen LogP contribution in [0.2, 0.25) is 0 Å². The molecule has 0 spiro atoms. The largest absolute Gasteiger partial charge is 0.497 e. The second kappa shape index (κ2) is 9.36. The Kier molecular flexibility index (Phi) is 6.88. The Morgan fingerprint density at radius 3 is 2.54 bits per heavy atom. The van der Waals surface area contributed by atoms with E-state index >= 15 is 0 Å². The lowest BCUT2D eigenvalue weighted by atomic mass is 10.1. The number of fused-ring (bicyclic) bond motifs is 1. The molecule has 0 aliphatic carbocycles. The summed E-state index contributed by atoms with van der Waals surface area (Å²) in [6.45, 7) is -0.162. The van der Waals surface area contributed by atoms with Crippen LogP contribution in [0.3, 0.4) is 0 Å². The van der Waals surface area contributed by atoms with E-state index in [4.69, 9.17) is 21.7 Å². The van der Waals surface area contributed by atoms with Gasteiger partial charge < -0.3 is 14.8 Å². The number of thiocarbonyl (C=S) groups is 1. The van der Waals surface area contributed by atoms with Gasteiger partial charge in [0.2, 0.25) is 0 Å². The number of rotatable bonds is 5. The van der Waals surface area contributed by atoms with Crippen molar-refractivity contribution in [3.8, 4) is 11.5 Å². The summed E-state index contributed by atoms with van der Waals surface area (Å²) in [4.78, 5) is 12.1. The lowest BCUT2D eigenvalue weighted by Crippen LogP contribution is -2.37. The molecule has 28 heavy (non-hydrogen) atoms. The van der Waals surface area contributed by atoms with E-state index in [0.717, 1.165) is 31.2 Å². The van der Waals surface area contributed by atoms with Crippen LogP contribution in [0.1, 0.15) is 0 Å². The summed E-state index contributed by atoms with van der Waals surface area (Å²) >= 11 is 12.2. The van der Waals surface area contributed by atoms with Gasteiger partial charge >= 0.3 is 0 Å². The van der Waals surface area contributed by atoms with Crippen molar-refractivity contribution in [3.63, 3.8) is 0 Å². The van der Waals surface area contributed by atoms with Crippen LogP contribution < -0.4 is 20.1 Å². The molecule has 3 aromatic carbocycles. The van der Waals surface area contributed by atoms with Crippen molar-refractivity contribution >= 4 is 71.6 Å². The molecule has 0 bridgehead atoms. The number of benzene rings is 3. The third-order valence-electron chi connectivity index (χ3n) is 3.84. The first kappa shape index (κ1) is 20.6. The van der Waals surface area contributed by atoms with E-state index in [1.54, 1.807) is 31.4 Å². The van der Waals surface area contributed by atoms with Crippen LogP contribution in [0.5, 0.6) is 11.5 Å². The van der Waals surface area contributed by atoms with Crippen molar-refractivity contribution in [1.29, 1.82) is 0 Å². The van der Waals surface area contributed by atoms with E-state index in [9.17, 15) is 4.79 Å². The maximum absolute atomic E-state index is 12.1. The number of carbonyl (C=O) groups is 1. The summed E-state index contributed by atoms with van der Waals surface area (Å²) in [5.74, 6) is 0.968. The van der Waals surface area contributed by atoms with Crippen molar-refractivity contribution in [1.82, 2.24) is 5.32 Å². The highest BCUT2D eigenvalue weighted by Gasteiger charge is 2.10. The average Bonchev–Trinajstić information content (AvgIpc) is 2.68. The number of anilines is 1. The molecule has 1 amide bonds. The molecule has 0 aromatic heterocycles. The Bertz CT molecular complexity index is 1030. The molecule has 0 atom stereocenters. The normalized spacial score (nSPS) is 10.4. The van der Waals surface area contributed by atoms with Crippen molar-refractivity contribution in [2.24, 2.45) is 0 Å². The highest BCUT2D eigenvalue weighted by atomic mass is 79.9. The van der Waals surface area contributed by atoms with Crippen LogP contribution in [-0.4, -0.2) is 24.7 Å². The number of nitrogens with one attached hydrogen (secondary N) is 2. The Morgan fingerprint density at radius 2 is 1.82 bits per heavy atom. The predicted octanol–water partition coefficient (Wildman–Crippen LogP) is 5.27. The summed E-state index contributed by atoms with van der Waals surface area (Å²) in [5, 5.41) is 7.78. The van der Waals surface area contributed by atoms with Gasteiger partial charge in [-0.05, 0) is 81.4 Å². The molecule has 0 radical (unpaired) electrons. The maximum Gasteiger partial charge on any atom is 0.264 e. The highest BCUT2D eigenvalue weighted by molar-refractivity contribution is 9.11. The van der Waals surface area contributed by atoms with Crippen LogP contribution in [0.25, 0.3) is 10.8 Å². The van der Waals surface area contributed by atoms with Crippen molar-refractivity contribution < 1.29 is 14.3 Å². The second-order valence-corrected chi connectivity index (χ2v) is 7.88. The van der Waals surface area contributed by atoms with Gasteiger partial charge in [-0.25, -0.2) is 0 Å². The lowest BCUT2D eigenvalue weighted by Gasteiger charge is -2.12. The molecular weight excluding hydrogens is 508 g/mol. The first-order valence-electron chi connectivity index (χ1n) is 8.22. The number of halogens is 2. The molecule has 0 aliphatic rings. The number of methoxy groups -OCH3 is 1. The minimum absolute atomic E-state index is 0.162. The van der Waals surface area contributed by atoms with Gasteiger partial charge in [-0.3, -0.25) is 10.1 Å². The molecular formula is C20H16Br2N2O3S. The monoisotopic (exact) mass is 522 g/mol. The molecule has 8 heteroatoms. The van der Waals surface area contributed by atoms with Crippen LogP contribution in [0.15, 0.2) is 63.5 Å². The van der Waals surface area contributed by atoms with E-state index in [-0.39, 0.29) is 17.6 Å². The van der Waals surface area contributed by atoms with Crippen LogP contribution in [-0.2, 0) is 4.79 Å². The Hall–Kier alpha value is -2.16.